The molecule has 3 heteroatoms. The normalized spacial score (nSPS) is 28.2. The van der Waals surface area contributed by atoms with Gasteiger partial charge >= 0.3 is 6.18 Å². The minimum absolute atomic E-state index is 0.117. The van der Waals surface area contributed by atoms with Gasteiger partial charge in [-0.05, 0) is 65.3 Å². The van der Waals surface area contributed by atoms with Crippen molar-refractivity contribution in [1.29, 1.82) is 0 Å². The molecule has 0 aromatic heterocycles. The molecular weight excluding hydrogens is 309 g/mol. The van der Waals surface area contributed by atoms with E-state index in [1.807, 2.05) is 0 Å². The van der Waals surface area contributed by atoms with Crippen molar-refractivity contribution in [3.8, 4) is 0 Å². The summed E-state index contributed by atoms with van der Waals surface area (Å²) in [6.07, 6.45) is 1.22. The lowest BCUT2D eigenvalue weighted by Gasteiger charge is -2.71. The van der Waals surface area contributed by atoms with Crippen LogP contribution in [-0.4, -0.2) is 0 Å². The Hall–Kier alpha value is -1.77. The van der Waals surface area contributed by atoms with E-state index in [-0.39, 0.29) is 10.8 Å². The third-order valence-electron chi connectivity index (χ3n) is 5.96. The van der Waals surface area contributed by atoms with E-state index in [9.17, 15) is 13.2 Å². The van der Waals surface area contributed by atoms with Crippen LogP contribution in [0.2, 0.25) is 0 Å². The monoisotopic (exact) mass is 330 g/mol. The highest BCUT2D eigenvalue weighted by molar-refractivity contribution is 5.49. The van der Waals surface area contributed by atoms with Crippen LogP contribution in [0, 0.1) is 0 Å². The van der Waals surface area contributed by atoms with E-state index >= 15 is 0 Å². The van der Waals surface area contributed by atoms with Gasteiger partial charge in [-0.25, -0.2) is 0 Å². The van der Waals surface area contributed by atoms with Gasteiger partial charge in [-0.2, -0.15) is 13.2 Å². The lowest BCUT2D eigenvalue weighted by Crippen LogP contribution is -2.67. The van der Waals surface area contributed by atoms with Crippen molar-refractivity contribution in [3.63, 3.8) is 0 Å². The average Bonchev–Trinajstić information content (AvgIpc) is 2.46. The fourth-order valence-corrected chi connectivity index (χ4v) is 4.73. The molecule has 3 saturated carbocycles. The van der Waals surface area contributed by atoms with Crippen LogP contribution in [0.1, 0.15) is 54.9 Å². The van der Waals surface area contributed by atoms with Gasteiger partial charge in [0.25, 0.3) is 0 Å². The van der Waals surface area contributed by atoms with E-state index in [2.05, 4.69) is 31.2 Å². The number of hydrogen-bond acceptors (Lipinski definition) is 0. The van der Waals surface area contributed by atoms with Gasteiger partial charge < -0.3 is 0 Å². The Labute approximate surface area is 140 Å². The van der Waals surface area contributed by atoms with Gasteiger partial charge in [0, 0.05) is 0 Å². The van der Waals surface area contributed by atoms with Crippen LogP contribution in [-0.2, 0) is 23.4 Å². The summed E-state index contributed by atoms with van der Waals surface area (Å²) in [6.45, 7) is 2.18. The molecule has 3 aliphatic carbocycles. The Morgan fingerprint density at radius 1 is 0.792 bits per heavy atom. The molecule has 0 spiro atoms. The SMILES string of the molecule is CCCc1ccc(C23CC(c4ccc(C(F)(F)F)cc4)(C2)C3)cc1. The predicted octanol–water partition coefficient (Wildman–Crippen LogP) is 6.03. The molecular formula is C21H21F3. The van der Waals surface area contributed by atoms with E-state index in [1.165, 1.54) is 23.3 Å². The topological polar surface area (TPSA) is 0 Å². The van der Waals surface area contributed by atoms with Crippen molar-refractivity contribution in [2.75, 3.05) is 0 Å². The molecule has 0 unspecified atom stereocenters. The highest BCUT2D eigenvalue weighted by Gasteiger charge is 2.68. The maximum Gasteiger partial charge on any atom is 0.416 e. The third kappa shape index (κ3) is 2.28. The Kier molecular flexibility index (Phi) is 3.35. The van der Waals surface area contributed by atoms with Crippen molar-refractivity contribution in [3.05, 3.63) is 70.8 Å². The molecule has 3 aliphatic rings. The Balaban J connectivity index is 1.47. The zero-order valence-electron chi connectivity index (χ0n) is 13.8. The second-order valence-electron chi connectivity index (χ2n) is 7.61. The molecule has 0 atom stereocenters. The first-order valence-corrected chi connectivity index (χ1v) is 8.64. The number of hydrogen-bond donors (Lipinski definition) is 0. The van der Waals surface area contributed by atoms with Gasteiger partial charge in [-0.1, -0.05) is 49.7 Å². The number of benzene rings is 2. The molecule has 2 bridgehead atoms. The second-order valence-corrected chi connectivity index (χ2v) is 7.61. The van der Waals surface area contributed by atoms with Crippen LogP contribution >= 0.6 is 0 Å². The third-order valence-corrected chi connectivity index (χ3v) is 5.96. The first kappa shape index (κ1) is 15.7. The summed E-state index contributed by atoms with van der Waals surface area (Å²) in [7, 11) is 0. The summed E-state index contributed by atoms with van der Waals surface area (Å²) in [5, 5.41) is 0. The van der Waals surface area contributed by atoms with E-state index < -0.39 is 11.7 Å². The molecule has 2 aromatic carbocycles. The van der Waals surface area contributed by atoms with E-state index in [0.717, 1.165) is 37.7 Å². The fourth-order valence-electron chi connectivity index (χ4n) is 4.73. The molecule has 126 valence electrons. The molecule has 3 fully saturated rings. The standard InChI is InChI=1S/C21H21F3/c1-2-3-15-4-6-16(7-5-15)19-12-20(13-19,14-19)17-8-10-18(11-9-17)21(22,23)24/h4-11H,2-3,12-14H2,1H3. The summed E-state index contributed by atoms with van der Waals surface area (Å²) in [5.41, 5.74) is 3.68. The van der Waals surface area contributed by atoms with Gasteiger partial charge in [-0.3, -0.25) is 0 Å². The van der Waals surface area contributed by atoms with Gasteiger partial charge in [-0.15, -0.1) is 0 Å². The largest absolute Gasteiger partial charge is 0.416 e. The molecule has 2 aromatic rings. The number of aryl methyl sites for hydroxylation is 1. The van der Waals surface area contributed by atoms with Crippen LogP contribution in [0.3, 0.4) is 0 Å². The molecule has 5 rings (SSSR count). The predicted molar refractivity (Wildman–Crippen MR) is 89.1 cm³/mol. The lowest BCUT2D eigenvalue weighted by atomic mass is 9.32. The molecule has 0 saturated heterocycles. The van der Waals surface area contributed by atoms with Crippen molar-refractivity contribution < 1.29 is 13.2 Å². The zero-order valence-corrected chi connectivity index (χ0v) is 13.8. The first-order valence-electron chi connectivity index (χ1n) is 8.64. The smallest absolute Gasteiger partial charge is 0.166 e. The van der Waals surface area contributed by atoms with Crippen molar-refractivity contribution >= 4 is 0 Å². The Bertz CT molecular complexity index is 718. The molecule has 0 N–H and O–H groups in total. The molecule has 24 heavy (non-hydrogen) atoms. The molecule has 0 radical (unpaired) electrons. The van der Waals surface area contributed by atoms with Gasteiger partial charge in [0.05, 0.1) is 5.56 Å². The maximum absolute atomic E-state index is 12.7. The van der Waals surface area contributed by atoms with Crippen LogP contribution in [0.15, 0.2) is 48.5 Å². The van der Waals surface area contributed by atoms with Crippen molar-refractivity contribution in [2.45, 2.75) is 56.0 Å². The van der Waals surface area contributed by atoms with Gasteiger partial charge in [0.2, 0.25) is 0 Å². The van der Waals surface area contributed by atoms with Crippen molar-refractivity contribution in [1.82, 2.24) is 0 Å². The minimum atomic E-state index is -4.25. The Morgan fingerprint density at radius 2 is 1.25 bits per heavy atom. The first-order chi connectivity index (χ1) is 11.4. The maximum atomic E-state index is 12.7. The fraction of sp³-hybridized carbons (Fsp3) is 0.429. The van der Waals surface area contributed by atoms with E-state index in [1.54, 1.807) is 12.1 Å². The number of alkyl halides is 3. The minimum Gasteiger partial charge on any atom is -0.166 e. The van der Waals surface area contributed by atoms with Crippen LogP contribution in [0.25, 0.3) is 0 Å². The molecule has 0 amide bonds. The van der Waals surface area contributed by atoms with Crippen LogP contribution in [0.4, 0.5) is 13.2 Å². The quantitative estimate of drug-likeness (QED) is 0.642. The Morgan fingerprint density at radius 3 is 1.67 bits per heavy atom. The summed E-state index contributed by atoms with van der Waals surface area (Å²) >= 11 is 0. The molecule has 0 aliphatic heterocycles. The average molecular weight is 330 g/mol. The highest BCUT2D eigenvalue weighted by Crippen LogP contribution is 2.73. The van der Waals surface area contributed by atoms with Gasteiger partial charge in [0.1, 0.15) is 0 Å². The summed E-state index contributed by atoms with van der Waals surface area (Å²) in [6, 6.07) is 14.8. The van der Waals surface area contributed by atoms with Gasteiger partial charge in [0.15, 0.2) is 0 Å². The van der Waals surface area contributed by atoms with Crippen LogP contribution in [0.5, 0.6) is 0 Å². The van der Waals surface area contributed by atoms with E-state index in [0.29, 0.717) is 0 Å². The summed E-state index contributed by atoms with van der Waals surface area (Å²) in [4.78, 5) is 0. The van der Waals surface area contributed by atoms with Crippen LogP contribution < -0.4 is 0 Å². The second kappa shape index (κ2) is 5.11. The molecule has 0 heterocycles. The number of rotatable bonds is 4. The van der Waals surface area contributed by atoms with E-state index in [4.69, 9.17) is 0 Å². The lowest BCUT2D eigenvalue weighted by molar-refractivity contribution is -0.137. The van der Waals surface area contributed by atoms with Crippen molar-refractivity contribution in [2.24, 2.45) is 0 Å². The number of halogens is 3. The molecule has 0 nitrogen and oxygen atoms in total. The zero-order chi connectivity index (χ0) is 17.0. The summed E-state index contributed by atoms with van der Waals surface area (Å²) < 4.78 is 38.1. The highest BCUT2D eigenvalue weighted by atomic mass is 19.4. The summed E-state index contributed by atoms with van der Waals surface area (Å²) in [5.74, 6) is 0.